The van der Waals surface area contributed by atoms with Gasteiger partial charge < -0.3 is 19.9 Å². The number of anilines is 1. The van der Waals surface area contributed by atoms with Crippen LogP contribution in [0.3, 0.4) is 0 Å². The first kappa shape index (κ1) is 20.1. The maximum atomic E-state index is 12.3. The Morgan fingerprint density at radius 1 is 1.00 bits per heavy atom. The van der Waals surface area contributed by atoms with Crippen molar-refractivity contribution in [3.63, 3.8) is 0 Å². The molecular formula is C22H23N3O4. The normalized spacial score (nSPS) is 10.6. The van der Waals surface area contributed by atoms with Crippen molar-refractivity contribution in [3.8, 4) is 0 Å². The number of nitrogens with zero attached hydrogens (tertiary/aromatic N) is 1. The summed E-state index contributed by atoms with van der Waals surface area (Å²) < 4.78 is 6.92. The van der Waals surface area contributed by atoms with Gasteiger partial charge in [0.1, 0.15) is 0 Å². The van der Waals surface area contributed by atoms with Crippen LogP contribution in [0.2, 0.25) is 0 Å². The van der Waals surface area contributed by atoms with Crippen molar-refractivity contribution in [2.24, 2.45) is 7.05 Å². The second-order valence-corrected chi connectivity index (χ2v) is 6.82. The first-order valence-electron chi connectivity index (χ1n) is 9.20. The molecule has 2 N–H and O–H groups in total. The molecule has 0 radical (unpaired) electrons. The van der Waals surface area contributed by atoms with E-state index in [1.165, 1.54) is 0 Å². The number of carbonyl (C=O) groups is 3. The van der Waals surface area contributed by atoms with Gasteiger partial charge in [-0.1, -0.05) is 30.3 Å². The summed E-state index contributed by atoms with van der Waals surface area (Å²) in [6.07, 6.45) is 1.67. The van der Waals surface area contributed by atoms with Gasteiger partial charge in [-0.25, -0.2) is 4.79 Å². The van der Waals surface area contributed by atoms with E-state index in [4.69, 9.17) is 4.74 Å². The van der Waals surface area contributed by atoms with Gasteiger partial charge in [0.05, 0.1) is 12.1 Å². The molecule has 0 aliphatic heterocycles. The van der Waals surface area contributed by atoms with E-state index in [2.05, 4.69) is 10.6 Å². The van der Waals surface area contributed by atoms with E-state index in [9.17, 15) is 14.4 Å². The third kappa shape index (κ3) is 4.63. The van der Waals surface area contributed by atoms with E-state index in [1.807, 2.05) is 61.9 Å². The molecule has 150 valence electrons. The lowest BCUT2D eigenvalue weighted by atomic mass is 10.1. The van der Waals surface area contributed by atoms with Crippen molar-refractivity contribution in [3.05, 3.63) is 65.4 Å². The van der Waals surface area contributed by atoms with E-state index in [-0.39, 0.29) is 12.5 Å². The number of aromatic nitrogens is 1. The van der Waals surface area contributed by atoms with Gasteiger partial charge in [-0.15, -0.1) is 0 Å². The van der Waals surface area contributed by atoms with E-state index < -0.39 is 18.5 Å². The molecular weight excluding hydrogens is 370 g/mol. The van der Waals surface area contributed by atoms with E-state index in [0.29, 0.717) is 11.3 Å². The van der Waals surface area contributed by atoms with Crippen LogP contribution < -0.4 is 10.6 Å². The second kappa shape index (κ2) is 8.60. The van der Waals surface area contributed by atoms with Gasteiger partial charge in [0, 0.05) is 29.8 Å². The monoisotopic (exact) mass is 393 g/mol. The zero-order chi connectivity index (χ0) is 21.0. The van der Waals surface area contributed by atoms with Crippen molar-refractivity contribution in [1.82, 2.24) is 9.88 Å². The lowest BCUT2D eigenvalue weighted by Crippen LogP contribution is -2.35. The number of hydrogen-bond acceptors (Lipinski definition) is 4. The molecule has 2 aromatic carbocycles. The van der Waals surface area contributed by atoms with Crippen LogP contribution in [0.4, 0.5) is 5.69 Å². The number of amides is 2. The molecule has 1 aromatic heterocycles. The maximum Gasteiger partial charge on any atom is 0.340 e. The van der Waals surface area contributed by atoms with Crippen molar-refractivity contribution in [2.45, 2.75) is 13.8 Å². The van der Waals surface area contributed by atoms with Gasteiger partial charge >= 0.3 is 5.97 Å². The van der Waals surface area contributed by atoms with Crippen LogP contribution in [-0.4, -0.2) is 35.5 Å². The molecule has 0 bridgehead atoms. The van der Waals surface area contributed by atoms with Crippen molar-refractivity contribution in [1.29, 1.82) is 0 Å². The van der Waals surface area contributed by atoms with E-state index >= 15 is 0 Å². The summed E-state index contributed by atoms with van der Waals surface area (Å²) in [5.74, 6) is -1.49. The molecule has 29 heavy (non-hydrogen) atoms. The Labute approximate surface area is 168 Å². The number of benzene rings is 2. The fourth-order valence-corrected chi connectivity index (χ4v) is 3.02. The zero-order valence-electron chi connectivity index (χ0n) is 16.6. The summed E-state index contributed by atoms with van der Waals surface area (Å²) in [6.45, 7) is 3.20. The van der Waals surface area contributed by atoms with Gasteiger partial charge in [0.25, 0.3) is 5.91 Å². The Kier molecular flexibility index (Phi) is 5.97. The molecule has 2 amide bonds. The molecule has 0 saturated heterocycles. The average molecular weight is 393 g/mol. The zero-order valence-corrected chi connectivity index (χ0v) is 16.6. The van der Waals surface area contributed by atoms with Gasteiger partial charge in [-0.05, 0) is 37.1 Å². The number of carbonyl (C=O) groups excluding carboxylic acids is 3. The molecule has 3 aromatic rings. The van der Waals surface area contributed by atoms with Gasteiger partial charge in [0.2, 0.25) is 5.91 Å². The topological polar surface area (TPSA) is 89.4 Å². The van der Waals surface area contributed by atoms with Crippen LogP contribution >= 0.6 is 0 Å². The number of fused-ring (bicyclic) bond motifs is 1. The number of ether oxygens (including phenoxy) is 1. The minimum atomic E-state index is -0.586. The van der Waals surface area contributed by atoms with Crippen LogP contribution in [0.15, 0.2) is 48.7 Å². The van der Waals surface area contributed by atoms with Crippen molar-refractivity contribution in [2.75, 3.05) is 18.5 Å². The highest BCUT2D eigenvalue weighted by molar-refractivity contribution is 6.05. The SMILES string of the molecule is Cc1cccc(NC(=O)CNC(=O)COC(=O)c2cn(C)c3ccccc23)c1C. The second-order valence-electron chi connectivity index (χ2n) is 6.82. The van der Waals surface area contributed by atoms with E-state index in [0.717, 1.165) is 22.0 Å². The summed E-state index contributed by atoms with van der Waals surface area (Å²) in [4.78, 5) is 36.3. The highest BCUT2D eigenvalue weighted by Crippen LogP contribution is 2.21. The fraction of sp³-hybridized carbons (Fsp3) is 0.227. The number of esters is 1. The third-order valence-corrected chi connectivity index (χ3v) is 4.78. The van der Waals surface area contributed by atoms with E-state index in [1.54, 1.807) is 12.3 Å². The minimum absolute atomic E-state index is 0.210. The molecule has 1 heterocycles. The number of aryl methyl sites for hydroxylation is 2. The largest absolute Gasteiger partial charge is 0.452 e. The Hall–Kier alpha value is -3.61. The quantitative estimate of drug-likeness (QED) is 0.630. The Bertz CT molecular complexity index is 1080. The number of hydrogen-bond donors (Lipinski definition) is 2. The Morgan fingerprint density at radius 3 is 2.55 bits per heavy atom. The lowest BCUT2D eigenvalue weighted by Gasteiger charge is -2.11. The van der Waals surface area contributed by atoms with Crippen LogP contribution in [0.5, 0.6) is 0 Å². The van der Waals surface area contributed by atoms with Crippen LogP contribution in [0, 0.1) is 13.8 Å². The highest BCUT2D eigenvalue weighted by atomic mass is 16.5. The average Bonchev–Trinajstić information content (AvgIpc) is 3.05. The molecule has 7 nitrogen and oxygen atoms in total. The molecule has 0 spiro atoms. The van der Waals surface area contributed by atoms with Crippen LogP contribution in [-0.2, 0) is 21.4 Å². The van der Waals surface area contributed by atoms with Crippen LogP contribution in [0.25, 0.3) is 10.9 Å². The molecule has 0 aliphatic carbocycles. The smallest absolute Gasteiger partial charge is 0.340 e. The predicted molar refractivity (Wildman–Crippen MR) is 111 cm³/mol. The summed E-state index contributed by atoms with van der Waals surface area (Å²) in [5, 5.41) is 5.97. The van der Waals surface area contributed by atoms with Gasteiger partial charge in [-0.2, -0.15) is 0 Å². The van der Waals surface area contributed by atoms with Gasteiger partial charge in [-0.3, -0.25) is 9.59 Å². The summed E-state index contributed by atoms with van der Waals surface area (Å²) in [7, 11) is 1.83. The molecule has 0 saturated carbocycles. The number of para-hydroxylation sites is 1. The molecule has 0 unspecified atom stereocenters. The lowest BCUT2D eigenvalue weighted by molar-refractivity contribution is -0.126. The maximum absolute atomic E-state index is 12.3. The Morgan fingerprint density at radius 2 is 1.76 bits per heavy atom. The number of nitrogens with one attached hydrogen (secondary N) is 2. The minimum Gasteiger partial charge on any atom is -0.452 e. The molecule has 0 fully saturated rings. The predicted octanol–water partition coefficient (Wildman–Crippen LogP) is 2.71. The fourth-order valence-electron chi connectivity index (χ4n) is 3.02. The highest BCUT2D eigenvalue weighted by Gasteiger charge is 2.16. The summed E-state index contributed by atoms with van der Waals surface area (Å²) in [5.41, 5.74) is 4.02. The van der Waals surface area contributed by atoms with Crippen LogP contribution in [0.1, 0.15) is 21.5 Å². The Balaban J connectivity index is 1.50. The number of rotatable bonds is 6. The molecule has 7 heteroatoms. The summed E-state index contributed by atoms with van der Waals surface area (Å²) in [6, 6.07) is 13.0. The van der Waals surface area contributed by atoms with Gasteiger partial charge in [0.15, 0.2) is 6.61 Å². The molecule has 0 aliphatic rings. The first-order chi connectivity index (χ1) is 13.9. The summed E-state index contributed by atoms with van der Waals surface area (Å²) >= 11 is 0. The first-order valence-corrected chi connectivity index (χ1v) is 9.20. The standard InChI is InChI=1S/C22H23N3O4/c1-14-7-6-9-18(15(14)2)24-20(26)11-23-21(27)13-29-22(28)17-12-25(3)19-10-5-4-8-16(17)19/h4-10,12H,11,13H2,1-3H3,(H,23,27)(H,24,26). The van der Waals surface area contributed by atoms with Crippen molar-refractivity contribution < 1.29 is 19.1 Å². The van der Waals surface area contributed by atoms with Crippen molar-refractivity contribution >= 4 is 34.4 Å². The molecule has 3 rings (SSSR count). The third-order valence-electron chi connectivity index (χ3n) is 4.78. The molecule has 0 atom stereocenters.